The van der Waals surface area contributed by atoms with Crippen LogP contribution in [0.15, 0.2) is 29.6 Å². The van der Waals surface area contributed by atoms with Gasteiger partial charge in [0.15, 0.2) is 0 Å². The van der Waals surface area contributed by atoms with Crippen LogP contribution in [-0.2, 0) is 13.6 Å². The van der Waals surface area contributed by atoms with Crippen molar-refractivity contribution >= 4 is 5.69 Å². The highest BCUT2D eigenvalue weighted by Crippen LogP contribution is 2.27. The number of aromatic nitrogens is 2. The topological polar surface area (TPSA) is 59.3 Å². The lowest BCUT2D eigenvalue weighted by Gasteiger charge is -2.10. The van der Waals surface area contributed by atoms with Gasteiger partial charge in [-0.05, 0) is 36.8 Å². The molecule has 0 saturated heterocycles. The normalized spacial score (nSPS) is 10.6. The van der Waals surface area contributed by atoms with E-state index < -0.39 is 0 Å². The maximum absolute atomic E-state index is 10.6. The number of aryl methyl sites for hydroxylation is 1. The molecule has 1 heterocycles. The first kappa shape index (κ1) is 12.4. The van der Waals surface area contributed by atoms with Crippen molar-refractivity contribution in [3.8, 4) is 11.3 Å². The molecule has 5 heteroatoms. The molecule has 94 valence electrons. The average Bonchev–Trinajstić information content (AvgIpc) is 2.71. The third-order valence-corrected chi connectivity index (χ3v) is 3.06. The Morgan fingerprint density at radius 2 is 2.22 bits per heavy atom. The average molecular weight is 244 g/mol. The second kappa shape index (κ2) is 5.10. The molecule has 2 aromatic rings. The third-order valence-electron chi connectivity index (χ3n) is 3.06. The monoisotopic (exact) mass is 244 g/mol. The summed E-state index contributed by atoms with van der Waals surface area (Å²) in [6.07, 6.45) is 1.85. The number of imidazole rings is 1. The molecule has 0 aliphatic heterocycles. The Morgan fingerprint density at radius 3 is 2.78 bits per heavy atom. The van der Waals surface area contributed by atoms with Crippen molar-refractivity contribution in [1.82, 2.24) is 14.9 Å². The number of nitroso groups, excluding NO2 is 1. The summed E-state index contributed by atoms with van der Waals surface area (Å²) < 4.78 is 2.03. The van der Waals surface area contributed by atoms with Crippen LogP contribution in [0.5, 0.6) is 0 Å². The van der Waals surface area contributed by atoms with E-state index in [1.807, 2.05) is 37.8 Å². The van der Waals surface area contributed by atoms with Gasteiger partial charge in [0.05, 0.1) is 11.9 Å². The van der Waals surface area contributed by atoms with E-state index in [0.717, 1.165) is 22.6 Å². The van der Waals surface area contributed by atoms with Crippen LogP contribution in [0.4, 0.5) is 5.69 Å². The Kier molecular flexibility index (Phi) is 3.53. The number of hydrogen-bond acceptors (Lipinski definition) is 4. The van der Waals surface area contributed by atoms with Gasteiger partial charge in [-0.3, -0.25) is 0 Å². The highest BCUT2D eigenvalue weighted by atomic mass is 16.3. The highest BCUT2D eigenvalue weighted by Gasteiger charge is 2.11. The van der Waals surface area contributed by atoms with Crippen LogP contribution in [0.2, 0.25) is 0 Å². The van der Waals surface area contributed by atoms with E-state index in [9.17, 15) is 4.91 Å². The summed E-state index contributed by atoms with van der Waals surface area (Å²) in [7, 11) is 3.85. The predicted molar refractivity (Wildman–Crippen MR) is 71.6 cm³/mol. The Balaban J connectivity index is 2.55. The van der Waals surface area contributed by atoms with Gasteiger partial charge >= 0.3 is 0 Å². The molecular weight excluding hydrogens is 228 g/mol. The van der Waals surface area contributed by atoms with Gasteiger partial charge in [-0.15, -0.1) is 4.91 Å². The van der Waals surface area contributed by atoms with Crippen LogP contribution >= 0.6 is 0 Å². The molecule has 1 N–H and O–H groups in total. The van der Waals surface area contributed by atoms with Crippen LogP contribution < -0.4 is 5.32 Å². The largest absolute Gasteiger partial charge is 0.331 e. The van der Waals surface area contributed by atoms with E-state index in [1.165, 1.54) is 0 Å². The molecule has 0 aliphatic rings. The zero-order valence-electron chi connectivity index (χ0n) is 10.8. The Bertz CT molecular complexity index is 574. The van der Waals surface area contributed by atoms with Gasteiger partial charge in [0.1, 0.15) is 11.5 Å². The van der Waals surface area contributed by atoms with Gasteiger partial charge in [0.25, 0.3) is 0 Å². The molecule has 5 nitrogen and oxygen atoms in total. The summed E-state index contributed by atoms with van der Waals surface area (Å²) in [6, 6.07) is 5.45. The van der Waals surface area contributed by atoms with Gasteiger partial charge in [-0.2, -0.15) is 0 Å². The van der Waals surface area contributed by atoms with Gasteiger partial charge in [-0.1, -0.05) is 6.07 Å². The maximum atomic E-state index is 10.6. The SMILES string of the molecule is CNCc1cc(N=O)ccc1-c1cnc(C)n1C. The van der Waals surface area contributed by atoms with Gasteiger partial charge in [0, 0.05) is 19.2 Å². The number of nitrogens with zero attached hydrogens (tertiary/aromatic N) is 3. The summed E-state index contributed by atoms with van der Waals surface area (Å²) in [5.74, 6) is 0.956. The lowest BCUT2D eigenvalue weighted by molar-refractivity contribution is 0.814. The molecule has 0 amide bonds. The zero-order chi connectivity index (χ0) is 13.1. The molecule has 0 unspecified atom stereocenters. The smallest absolute Gasteiger partial charge is 0.108 e. The zero-order valence-corrected chi connectivity index (χ0v) is 10.8. The lowest BCUT2D eigenvalue weighted by atomic mass is 10.0. The minimum absolute atomic E-state index is 0.447. The van der Waals surface area contributed by atoms with Gasteiger partial charge < -0.3 is 9.88 Å². The second-order valence-corrected chi connectivity index (χ2v) is 4.21. The van der Waals surface area contributed by atoms with Crippen molar-refractivity contribution in [2.24, 2.45) is 12.2 Å². The van der Waals surface area contributed by atoms with Crippen molar-refractivity contribution in [3.63, 3.8) is 0 Å². The second-order valence-electron chi connectivity index (χ2n) is 4.21. The van der Waals surface area contributed by atoms with Crippen LogP contribution in [0, 0.1) is 11.8 Å². The van der Waals surface area contributed by atoms with Gasteiger partial charge in [-0.25, -0.2) is 4.98 Å². The van der Waals surface area contributed by atoms with E-state index in [1.54, 1.807) is 12.1 Å². The minimum atomic E-state index is 0.447. The quantitative estimate of drug-likeness (QED) is 0.841. The summed E-state index contributed by atoms with van der Waals surface area (Å²) in [6.45, 7) is 2.64. The molecule has 1 aromatic carbocycles. The van der Waals surface area contributed by atoms with E-state index >= 15 is 0 Å². The third kappa shape index (κ3) is 2.17. The summed E-state index contributed by atoms with van der Waals surface area (Å²) in [4.78, 5) is 14.9. The van der Waals surface area contributed by atoms with Crippen LogP contribution in [0.25, 0.3) is 11.3 Å². The standard InChI is InChI=1S/C13H16N4O/c1-9-15-8-13(17(9)3)12-5-4-11(16-18)6-10(12)7-14-2/h4-6,8,14H,7H2,1-3H3. The van der Waals surface area contributed by atoms with Crippen molar-refractivity contribution in [2.75, 3.05) is 7.05 Å². The molecule has 0 aliphatic carbocycles. The van der Waals surface area contributed by atoms with Crippen molar-refractivity contribution in [1.29, 1.82) is 0 Å². The van der Waals surface area contributed by atoms with E-state index in [0.29, 0.717) is 12.2 Å². The first-order valence-electron chi connectivity index (χ1n) is 5.77. The summed E-state index contributed by atoms with van der Waals surface area (Å²) in [5.41, 5.74) is 3.59. The molecule has 0 atom stereocenters. The van der Waals surface area contributed by atoms with Crippen LogP contribution in [0.1, 0.15) is 11.4 Å². The first-order valence-corrected chi connectivity index (χ1v) is 5.77. The molecule has 2 rings (SSSR count). The molecule has 0 saturated carbocycles. The Labute approximate surface area is 106 Å². The fraction of sp³-hybridized carbons (Fsp3) is 0.308. The summed E-state index contributed by atoms with van der Waals surface area (Å²) >= 11 is 0. The molecule has 0 radical (unpaired) electrons. The maximum Gasteiger partial charge on any atom is 0.108 e. The van der Waals surface area contributed by atoms with Crippen molar-refractivity contribution in [2.45, 2.75) is 13.5 Å². The number of hydrogen-bond donors (Lipinski definition) is 1. The van der Waals surface area contributed by atoms with Crippen molar-refractivity contribution < 1.29 is 0 Å². The van der Waals surface area contributed by atoms with E-state index in [2.05, 4.69) is 15.5 Å². The molecule has 0 fully saturated rings. The van der Waals surface area contributed by atoms with Gasteiger partial charge in [0.2, 0.25) is 0 Å². The minimum Gasteiger partial charge on any atom is -0.331 e. The Hall–Kier alpha value is -2.01. The molecule has 1 aromatic heterocycles. The Morgan fingerprint density at radius 1 is 1.44 bits per heavy atom. The summed E-state index contributed by atoms with van der Waals surface area (Å²) in [5, 5.41) is 6.07. The highest BCUT2D eigenvalue weighted by molar-refractivity contribution is 5.67. The van der Waals surface area contributed by atoms with Crippen LogP contribution in [0.3, 0.4) is 0 Å². The van der Waals surface area contributed by atoms with E-state index in [-0.39, 0.29) is 0 Å². The fourth-order valence-corrected chi connectivity index (χ4v) is 1.98. The molecular formula is C13H16N4O. The van der Waals surface area contributed by atoms with E-state index in [4.69, 9.17) is 0 Å². The lowest BCUT2D eigenvalue weighted by Crippen LogP contribution is -2.07. The molecule has 0 bridgehead atoms. The first-order chi connectivity index (χ1) is 8.67. The predicted octanol–water partition coefficient (Wildman–Crippen LogP) is 2.51. The fourth-order valence-electron chi connectivity index (χ4n) is 1.98. The van der Waals surface area contributed by atoms with Crippen LogP contribution in [-0.4, -0.2) is 16.6 Å². The number of nitrogens with one attached hydrogen (secondary N) is 1. The number of benzene rings is 1. The molecule has 18 heavy (non-hydrogen) atoms. The van der Waals surface area contributed by atoms with Crippen molar-refractivity contribution in [3.05, 3.63) is 40.7 Å². The molecule has 0 spiro atoms. The number of rotatable bonds is 4.